The number of benzene rings is 1. The van der Waals surface area contributed by atoms with Crippen molar-refractivity contribution in [2.24, 2.45) is 0 Å². The number of hydrogen-bond acceptors (Lipinski definition) is 2. The van der Waals surface area contributed by atoms with Crippen molar-refractivity contribution in [2.45, 2.75) is 76.7 Å². The topological polar surface area (TPSA) is 12.5 Å². The summed E-state index contributed by atoms with van der Waals surface area (Å²) in [6, 6.07) is 10.2. The van der Waals surface area contributed by atoms with Gasteiger partial charge in [0.05, 0.1) is 0 Å². The first-order chi connectivity index (χ1) is 12.2. The average molecular weight is 412 g/mol. The van der Waals surface area contributed by atoms with Gasteiger partial charge in [0.25, 0.3) is 0 Å². The number of para-hydroxylation sites is 1. The van der Waals surface area contributed by atoms with Gasteiger partial charge in [-0.25, -0.2) is 0 Å². The molecule has 1 aromatic rings. The third-order valence-electron chi connectivity index (χ3n) is 4.52. The van der Waals surface area contributed by atoms with Crippen LogP contribution >= 0.6 is 15.9 Å². The minimum atomic E-state index is 0.298. The molecule has 0 amide bonds. The highest BCUT2D eigenvalue weighted by atomic mass is 79.9. The summed E-state index contributed by atoms with van der Waals surface area (Å²) in [4.78, 5) is 2.23. The molecule has 2 nitrogen and oxygen atoms in total. The Balaban J connectivity index is 2.06. The number of unbranched alkanes of at least 4 members (excludes halogenated alkanes) is 9. The number of rotatable bonds is 16. The lowest BCUT2D eigenvalue weighted by atomic mass is 10.0. The van der Waals surface area contributed by atoms with Crippen molar-refractivity contribution in [2.75, 3.05) is 26.0 Å². The van der Waals surface area contributed by atoms with Crippen LogP contribution < -0.4 is 4.74 Å². The summed E-state index contributed by atoms with van der Waals surface area (Å²) < 4.78 is 6.17. The lowest BCUT2D eigenvalue weighted by molar-refractivity contribution is 0.148. The molecule has 144 valence electrons. The number of likely N-dealkylation sites (N-methyl/N-ethyl adjacent to an activating group) is 1. The van der Waals surface area contributed by atoms with Gasteiger partial charge in [0.2, 0.25) is 0 Å². The van der Waals surface area contributed by atoms with Gasteiger partial charge < -0.3 is 9.64 Å². The number of halogens is 1. The summed E-state index contributed by atoms with van der Waals surface area (Å²) >= 11 is 3.50. The summed E-state index contributed by atoms with van der Waals surface area (Å²) in [7, 11) is 4.25. The van der Waals surface area contributed by atoms with Gasteiger partial charge in [-0.2, -0.15) is 0 Å². The molecule has 25 heavy (non-hydrogen) atoms. The van der Waals surface area contributed by atoms with E-state index in [1.54, 1.807) is 0 Å². The predicted octanol–water partition coefficient (Wildman–Crippen LogP) is 6.68. The van der Waals surface area contributed by atoms with Crippen molar-refractivity contribution in [1.29, 1.82) is 0 Å². The second-order valence-corrected chi connectivity index (χ2v) is 8.12. The van der Waals surface area contributed by atoms with E-state index in [0.717, 1.165) is 24.0 Å². The van der Waals surface area contributed by atoms with Crippen molar-refractivity contribution < 1.29 is 4.74 Å². The Morgan fingerprint density at radius 2 is 1.32 bits per heavy atom. The first-order valence-electron chi connectivity index (χ1n) is 10.1. The largest absolute Gasteiger partial charge is 0.489 e. The van der Waals surface area contributed by atoms with Crippen LogP contribution in [0.25, 0.3) is 0 Å². The van der Waals surface area contributed by atoms with Crippen LogP contribution in [0.2, 0.25) is 0 Å². The smallest absolute Gasteiger partial charge is 0.119 e. The second-order valence-electron chi connectivity index (χ2n) is 7.33. The van der Waals surface area contributed by atoms with Crippen LogP contribution in [0, 0.1) is 0 Å². The molecule has 0 bridgehead atoms. The molecular formula is C22H38BrNO. The van der Waals surface area contributed by atoms with Crippen LogP contribution in [0.1, 0.15) is 70.6 Å². The Morgan fingerprint density at radius 1 is 0.800 bits per heavy atom. The third-order valence-corrected chi connectivity index (χ3v) is 5.09. The van der Waals surface area contributed by atoms with Crippen LogP contribution in [0.5, 0.6) is 5.75 Å². The van der Waals surface area contributed by atoms with Crippen molar-refractivity contribution in [3.8, 4) is 5.75 Å². The molecule has 1 unspecified atom stereocenters. The quantitative estimate of drug-likeness (QED) is 0.222. The number of ether oxygens (including phenoxy) is 1. The lowest BCUT2D eigenvalue weighted by Gasteiger charge is -2.22. The van der Waals surface area contributed by atoms with Crippen LogP contribution in [-0.2, 0) is 0 Å². The van der Waals surface area contributed by atoms with E-state index in [9.17, 15) is 0 Å². The number of hydrogen-bond donors (Lipinski definition) is 0. The Morgan fingerprint density at radius 3 is 1.84 bits per heavy atom. The standard InChI is InChI=1S/C22H38BrNO/c1-24(2)20-22(25-21-16-13-11-14-17-21)18-12-9-7-5-3-4-6-8-10-15-19-23/h11,13-14,16-17,22H,3-10,12,15,18-20H2,1-2H3. The van der Waals surface area contributed by atoms with Crippen molar-refractivity contribution >= 4 is 15.9 Å². The van der Waals surface area contributed by atoms with E-state index in [0.29, 0.717) is 6.10 Å². The fourth-order valence-electron chi connectivity index (χ4n) is 3.17. The highest BCUT2D eigenvalue weighted by Gasteiger charge is 2.11. The van der Waals surface area contributed by atoms with Gasteiger partial charge in [-0.05, 0) is 45.5 Å². The Kier molecular flexibility index (Phi) is 14.1. The maximum absolute atomic E-state index is 6.17. The second kappa shape index (κ2) is 15.7. The third kappa shape index (κ3) is 13.3. The summed E-state index contributed by atoms with van der Waals surface area (Å²) in [6.07, 6.45) is 15.2. The summed E-state index contributed by atoms with van der Waals surface area (Å²) in [5.41, 5.74) is 0. The maximum atomic E-state index is 6.17. The van der Waals surface area contributed by atoms with Gasteiger partial charge in [-0.15, -0.1) is 0 Å². The van der Waals surface area contributed by atoms with E-state index in [1.165, 1.54) is 64.2 Å². The Labute approximate surface area is 164 Å². The zero-order valence-corrected chi connectivity index (χ0v) is 18.0. The molecule has 0 aromatic heterocycles. The normalized spacial score (nSPS) is 12.5. The Hall–Kier alpha value is -0.540. The van der Waals surface area contributed by atoms with Gasteiger partial charge in [-0.3, -0.25) is 0 Å². The Bertz CT molecular complexity index is 396. The molecule has 0 spiro atoms. The minimum Gasteiger partial charge on any atom is -0.489 e. The van der Waals surface area contributed by atoms with Gasteiger partial charge in [0, 0.05) is 11.9 Å². The highest BCUT2D eigenvalue weighted by molar-refractivity contribution is 9.09. The minimum absolute atomic E-state index is 0.298. The SMILES string of the molecule is CN(C)CC(CCCCCCCCCCCCBr)Oc1ccccc1. The van der Waals surface area contributed by atoms with E-state index in [-0.39, 0.29) is 0 Å². The zero-order chi connectivity index (χ0) is 18.2. The van der Waals surface area contributed by atoms with E-state index < -0.39 is 0 Å². The highest BCUT2D eigenvalue weighted by Crippen LogP contribution is 2.16. The molecule has 3 heteroatoms. The molecule has 0 aliphatic rings. The van der Waals surface area contributed by atoms with Crippen molar-refractivity contribution in [3.63, 3.8) is 0 Å². The molecule has 1 rings (SSSR count). The molecular weight excluding hydrogens is 374 g/mol. The van der Waals surface area contributed by atoms with E-state index in [1.807, 2.05) is 18.2 Å². The van der Waals surface area contributed by atoms with E-state index >= 15 is 0 Å². The summed E-state index contributed by atoms with van der Waals surface area (Å²) in [5.74, 6) is 0.995. The molecule has 0 saturated heterocycles. The van der Waals surface area contributed by atoms with Crippen molar-refractivity contribution in [3.05, 3.63) is 30.3 Å². The summed E-state index contributed by atoms with van der Waals surface area (Å²) in [6.45, 7) is 0.989. The van der Waals surface area contributed by atoms with E-state index in [4.69, 9.17) is 4.74 Å². The zero-order valence-electron chi connectivity index (χ0n) is 16.4. The van der Waals surface area contributed by atoms with Crippen LogP contribution in [0.3, 0.4) is 0 Å². The maximum Gasteiger partial charge on any atom is 0.119 e. The predicted molar refractivity (Wildman–Crippen MR) is 114 cm³/mol. The fourth-order valence-corrected chi connectivity index (χ4v) is 3.56. The number of alkyl halides is 1. The van der Waals surface area contributed by atoms with Gasteiger partial charge >= 0.3 is 0 Å². The van der Waals surface area contributed by atoms with Crippen molar-refractivity contribution in [1.82, 2.24) is 4.90 Å². The van der Waals surface area contributed by atoms with E-state index in [2.05, 4.69) is 47.1 Å². The van der Waals surface area contributed by atoms with Crippen LogP contribution in [0.4, 0.5) is 0 Å². The average Bonchev–Trinajstić information content (AvgIpc) is 2.60. The summed E-state index contributed by atoms with van der Waals surface area (Å²) in [5, 5.41) is 1.16. The van der Waals surface area contributed by atoms with Gasteiger partial charge in [-0.1, -0.05) is 85.5 Å². The molecule has 0 aliphatic heterocycles. The molecule has 0 radical (unpaired) electrons. The van der Waals surface area contributed by atoms with Gasteiger partial charge in [0.15, 0.2) is 0 Å². The molecule has 1 atom stereocenters. The number of nitrogens with zero attached hydrogens (tertiary/aromatic N) is 1. The molecule has 0 aliphatic carbocycles. The molecule has 0 heterocycles. The first kappa shape index (κ1) is 22.5. The molecule has 0 saturated carbocycles. The molecule has 0 fully saturated rings. The molecule has 0 N–H and O–H groups in total. The van der Waals surface area contributed by atoms with Crippen LogP contribution in [0.15, 0.2) is 30.3 Å². The molecule has 1 aromatic carbocycles. The lowest BCUT2D eigenvalue weighted by Crippen LogP contribution is -2.30. The fraction of sp³-hybridized carbons (Fsp3) is 0.727. The first-order valence-corrected chi connectivity index (χ1v) is 11.3. The monoisotopic (exact) mass is 411 g/mol. The van der Waals surface area contributed by atoms with Crippen LogP contribution in [-0.4, -0.2) is 37.0 Å². The van der Waals surface area contributed by atoms with Gasteiger partial charge in [0.1, 0.15) is 11.9 Å².